The Morgan fingerprint density at radius 1 is 1.04 bits per heavy atom. The van der Waals surface area contributed by atoms with Crippen LogP contribution >= 0.6 is 0 Å². The molecule has 0 bridgehead atoms. The SMILES string of the molecule is CN1C(=O)C(C(=N)c2ccccc2F)C(=O)CC1c1ccccc1F. The number of carbonyl (C=O) groups is 2. The predicted octanol–water partition coefficient (Wildman–Crippen LogP) is 3.12. The Hall–Kier alpha value is -2.89. The standard InChI is InChI=1S/C19H16F2N2O2/c1-23-15(11-6-2-4-8-13(11)20)10-16(24)17(19(23)25)18(22)12-7-3-5-9-14(12)21/h2-9,15,17,22H,10H2,1H3. The molecule has 0 aliphatic carbocycles. The minimum Gasteiger partial charge on any atom is -0.337 e. The van der Waals surface area contributed by atoms with Gasteiger partial charge >= 0.3 is 0 Å². The van der Waals surface area contributed by atoms with E-state index in [9.17, 15) is 18.4 Å². The molecule has 2 aromatic rings. The molecule has 1 saturated heterocycles. The average molecular weight is 342 g/mol. The lowest BCUT2D eigenvalue weighted by Gasteiger charge is -2.36. The van der Waals surface area contributed by atoms with Gasteiger partial charge in [-0.1, -0.05) is 36.4 Å². The third-order valence-corrected chi connectivity index (χ3v) is 4.50. The van der Waals surface area contributed by atoms with E-state index in [0.29, 0.717) is 0 Å². The molecule has 1 N–H and O–H groups in total. The maximum Gasteiger partial charge on any atom is 0.239 e. The number of amides is 1. The molecule has 1 fully saturated rings. The van der Waals surface area contributed by atoms with Crippen LogP contribution in [0, 0.1) is 23.0 Å². The van der Waals surface area contributed by atoms with E-state index in [1.165, 1.54) is 54.4 Å². The summed E-state index contributed by atoms with van der Waals surface area (Å²) in [4.78, 5) is 26.5. The first-order valence-electron chi connectivity index (χ1n) is 7.79. The van der Waals surface area contributed by atoms with Crippen molar-refractivity contribution in [2.24, 2.45) is 5.92 Å². The lowest BCUT2D eigenvalue weighted by atomic mass is 9.82. The molecule has 25 heavy (non-hydrogen) atoms. The van der Waals surface area contributed by atoms with Crippen LogP contribution in [0.25, 0.3) is 0 Å². The second kappa shape index (κ2) is 6.55. The summed E-state index contributed by atoms with van der Waals surface area (Å²) in [6.07, 6.45) is -0.120. The van der Waals surface area contributed by atoms with Gasteiger partial charge < -0.3 is 10.3 Å². The van der Waals surface area contributed by atoms with E-state index < -0.39 is 35.3 Å². The Morgan fingerprint density at radius 2 is 1.64 bits per heavy atom. The summed E-state index contributed by atoms with van der Waals surface area (Å²) in [7, 11) is 1.47. The molecular weight excluding hydrogens is 326 g/mol. The molecule has 2 atom stereocenters. The lowest BCUT2D eigenvalue weighted by Crippen LogP contribution is -2.49. The van der Waals surface area contributed by atoms with Crippen molar-refractivity contribution in [3.63, 3.8) is 0 Å². The Kier molecular flexibility index (Phi) is 4.44. The topological polar surface area (TPSA) is 61.2 Å². The Labute approximate surface area is 143 Å². The van der Waals surface area contributed by atoms with Gasteiger partial charge in [-0.3, -0.25) is 9.59 Å². The number of halogens is 2. The van der Waals surface area contributed by atoms with Gasteiger partial charge in [0, 0.05) is 24.6 Å². The average Bonchev–Trinajstić information content (AvgIpc) is 2.59. The molecule has 1 heterocycles. The van der Waals surface area contributed by atoms with Gasteiger partial charge in [0.1, 0.15) is 17.6 Å². The highest BCUT2D eigenvalue weighted by Crippen LogP contribution is 2.33. The first-order chi connectivity index (χ1) is 11.9. The summed E-state index contributed by atoms with van der Waals surface area (Å²) in [6, 6.07) is 10.8. The summed E-state index contributed by atoms with van der Waals surface area (Å²) in [5.41, 5.74) is -0.193. The van der Waals surface area contributed by atoms with Gasteiger partial charge in [-0.15, -0.1) is 0 Å². The van der Waals surface area contributed by atoms with Gasteiger partial charge in [0.05, 0.1) is 11.8 Å². The summed E-state index contributed by atoms with van der Waals surface area (Å²) < 4.78 is 27.9. The van der Waals surface area contributed by atoms with Crippen LogP contribution in [-0.4, -0.2) is 29.3 Å². The number of carbonyl (C=O) groups excluding carboxylic acids is 2. The number of hydrogen-bond acceptors (Lipinski definition) is 3. The zero-order valence-corrected chi connectivity index (χ0v) is 13.5. The molecule has 0 aromatic heterocycles. The number of likely N-dealkylation sites (tertiary alicyclic amines) is 1. The van der Waals surface area contributed by atoms with Crippen LogP contribution in [0.1, 0.15) is 23.6 Å². The fourth-order valence-corrected chi connectivity index (χ4v) is 3.12. The van der Waals surface area contributed by atoms with Gasteiger partial charge in [0.2, 0.25) is 5.91 Å². The van der Waals surface area contributed by atoms with Gasteiger partial charge in [-0.05, 0) is 12.1 Å². The Balaban J connectivity index is 1.93. The summed E-state index contributed by atoms with van der Waals surface area (Å²) >= 11 is 0. The smallest absolute Gasteiger partial charge is 0.239 e. The van der Waals surface area contributed by atoms with Gasteiger partial charge in [0.15, 0.2) is 5.78 Å². The predicted molar refractivity (Wildman–Crippen MR) is 88.3 cm³/mol. The van der Waals surface area contributed by atoms with Crippen LogP contribution in [0.5, 0.6) is 0 Å². The minimum atomic E-state index is -1.37. The number of ketones is 1. The fraction of sp³-hybridized carbons (Fsp3) is 0.211. The van der Waals surface area contributed by atoms with Crippen LogP contribution in [0.15, 0.2) is 48.5 Å². The van der Waals surface area contributed by atoms with Crippen LogP contribution in [0.2, 0.25) is 0 Å². The van der Waals surface area contributed by atoms with Crippen LogP contribution < -0.4 is 0 Å². The lowest BCUT2D eigenvalue weighted by molar-refractivity contribution is -0.144. The highest BCUT2D eigenvalue weighted by Gasteiger charge is 2.43. The van der Waals surface area contributed by atoms with E-state index in [0.717, 1.165) is 0 Å². The molecule has 1 amide bonds. The molecule has 0 saturated carbocycles. The molecule has 0 spiro atoms. The minimum absolute atomic E-state index is 0.0769. The number of hydrogen-bond donors (Lipinski definition) is 1. The number of piperidine rings is 1. The van der Waals surface area contributed by atoms with E-state index >= 15 is 0 Å². The number of Topliss-reactive ketones (excluding diaryl/α,β-unsaturated/α-hetero) is 1. The molecule has 2 aromatic carbocycles. The van der Waals surface area contributed by atoms with E-state index in [-0.39, 0.29) is 23.3 Å². The van der Waals surface area contributed by atoms with Crippen molar-refractivity contribution in [2.75, 3.05) is 7.05 Å². The second-order valence-electron chi connectivity index (χ2n) is 5.98. The van der Waals surface area contributed by atoms with Crippen molar-refractivity contribution < 1.29 is 18.4 Å². The number of nitrogens with zero attached hydrogens (tertiary/aromatic N) is 1. The van der Waals surface area contributed by atoms with E-state index in [1.807, 2.05) is 0 Å². The molecular formula is C19H16F2N2O2. The van der Waals surface area contributed by atoms with Gasteiger partial charge in [0.25, 0.3) is 0 Å². The summed E-state index contributed by atoms with van der Waals surface area (Å²) in [5.74, 6) is -3.66. The first-order valence-corrected chi connectivity index (χ1v) is 7.79. The second-order valence-corrected chi connectivity index (χ2v) is 5.98. The van der Waals surface area contributed by atoms with Crippen molar-refractivity contribution >= 4 is 17.4 Å². The summed E-state index contributed by atoms with van der Waals surface area (Å²) in [6.45, 7) is 0. The van der Waals surface area contributed by atoms with Crippen molar-refractivity contribution in [3.05, 3.63) is 71.3 Å². The summed E-state index contributed by atoms with van der Waals surface area (Å²) in [5, 5.41) is 8.15. The molecule has 0 radical (unpaired) electrons. The highest BCUT2D eigenvalue weighted by molar-refractivity contribution is 6.25. The number of nitrogens with one attached hydrogen (secondary N) is 1. The van der Waals surface area contributed by atoms with Gasteiger partial charge in [-0.2, -0.15) is 0 Å². The van der Waals surface area contributed by atoms with Crippen molar-refractivity contribution in [1.82, 2.24) is 4.90 Å². The molecule has 4 nitrogen and oxygen atoms in total. The molecule has 2 unspecified atom stereocenters. The molecule has 3 rings (SSSR count). The van der Waals surface area contributed by atoms with Gasteiger partial charge in [-0.25, -0.2) is 8.78 Å². The molecule has 1 aliphatic heterocycles. The van der Waals surface area contributed by atoms with E-state index in [2.05, 4.69) is 0 Å². The van der Waals surface area contributed by atoms with E-state index in [4.69, 9.17) is 5.41 Å². The first kappa shape index (κ1) is 17.0. The maximum atomic E-state index is 14.0. The number of benzene rings is 2. The molecule has 6 heteroatoms. The zero-order valence-electron chi connectivity index (χ0n) is 13.5. The normalized spacial score (nSPS) is 20.7. The fourth-order valence-electron chi connectivity index (χ4n) is 3.12. The van der Waals surface area contributed by atoms with Crippen LogP contribution in [-0.2, 0) is 9.59 Å². The van der Waals surface area contributed by atoms with Crippen LogP contribution in [0.4, 0.5) is 8.78 Å². The largest absolute Gasteiger partial charge is 0.337 e. The quantitative estimate of drug-likeness (QED) is 0.688. The Morgan fingerprint density at radius 3 is 2.28 bits per heavy atom. The maximum absolute atomic E-state index is 14.0. The third-order valence-electron chi connectivity index (χ3n) is 4.50. The Bertz CT molecular complexity index is 866. The molecule has 128 valence electrons. The zero-order chi connectivity index (χ0) is 18.1. The monoisotopic (exact) mass is 342 g/mol. The van der Waals surface area contributed by atoms with Crippen LogP contribution in [0.3, 0.4) is 0 Å². The molecule has 1 aliphatic rings. The van der Waals surface area contributed by atoms with E-state index in [1.54, 1.807) is 6.07 Å². The third kappa shape index (κ3) is 2.95. The van der Waals surface area contributed by atoms with Crippen molar-refractivity contribution in [3.8, 4) is 0 Å². The van der Waals surface area contributed by atoms with Crippen molar-refractivity contribution in [2.45, 2.75) is 12.5 Å². The number of rotatable bonds is 3. The highest BCUT2D eigenvalue weighted by atomic mass is 19.1. The van der Waals surface area contributed by atoms with Crippen molar-refractivity contribution in [1.29, 1.82) is 5.41 Å².